The van der Waals surface area contributed by atoms with E-state index in [0.717, 1.165) is 56.0 Å². The first-order chi connectivity index (χ1) is 10.6. The fourth-order valence-electron chi connectivity index (χ4n) is 2.74. The van der Waals surface area contributed by atoms with Crippen LogP contribution in [-0.2, 0) is 4.79 Å². The zero-order chi connectivity index (χ0) is 16.1. The predicted octanol–water partition coefficient (Wildman–Crippen LogP) is 3.50. The maximum atomic E-state index is 12.1. The van der Waals surface area contributed by atoms with Gasteiger partial charge in [-0.3, -0.25) is 4.79 Å². The molecule has 4 nitrogen and oxygen atoms in total. The molecule has 0 aliphatic carbocycles. The maximum Gasteiger partial charge on any atom is 0.222 e. The lowest BCUT2D eigenvalue weighted by molar-refractivity contribution is -0.131. The van der Waals surface area contributed by atoms with Crippen molar-refractivity contribution in [3.8, 4) is 5.75 Å². The summed E-state index contributed by atoms with van der Waals surface area (Å²) < 4.78 is 5.46. The van der Waals surface area contributed by atoms with Crippen molar-refractivity contribution in [2.75, 3.05) is 38.2 Å². The lowest BCUT2D eigenvalue weighted by Crippen LogP contribution is -2.48. The van der Waals surface area contributed by atoms with E-state index in [1.54, 1.807) is 7.11 Å². The summed E-state index contributed by atoms with van der Waals surface area (Å²) in [4.78, 5) is 16.3. The van der Waals surface area contributed by atoms with Crippen LogP contribution in [-0.4, -0.2) is 44.1 Å². The van der Waals surface area contributed by atoms with Crippen LogP contribution in [0.15, 0.2) is 12.1 Å². The van der Waals surface area contributed by atoms with Gasteiger partial charge >= 0.3 is 0 Å². The van der Waals surface area contributed by atoms with Gasteiger partial charge in [-0.1, -0.05) is 24.9 Å². The number of aryl methyl sites for hydroxylation is 1. The molecule has 0 aromatic heterocycles. The molecule has 1 fully saturated rings. The molecular weight excluding hydrogens is 300 g/mol. The Balaban J connectivity index is 2.02. The Morgan fingerprint density at radius 2 is 1.95 bits per heavy atom. The molecule has 2 rings (SSSR count). The van der Waals surface area contributed by atoms with Crippen molar-refractivity contribution in [3.63, 3.8) is 0 Å². The van der Waals surface area contributed by atoms with Crippen LogP contribution in [0.4, 0.5) is 5.69 Å². The van der Waals surface area contributed by atoms with Gasteiger partial charge < -0.3 is 14.5 Å². The summed E-state index contributed by atoms with van der Waals surface area (Å²) in [6, 6.07) is 3.93. The number of amides is 1. The Morgan fingerprint density at radius 3 is 2.55 bits per heavy atom. The number of hydrogen-bond acceptors (Lipinski definition) is 3. The first-order valence-electron chi connectivity index (χ1n) is 7.93. The minimum atomic E-state index is 0.278. The third-order valence-corrected chi connectivity index (χ3v) is 4.58. The smallest absolute Gasteiger partial charge is 0.222 e. The summed E-state index contributed by atoms with van der Waals surface area (Å²) in [7, 11) is 1.66. The van der Waals surface area contributed by atoms with Gasteiger partial charge in [-0.2, -0.15) is 0 Å². The van der Waals surface area contributed by atoms with Crippen LogP contribution in [0.3, 0.4) is 0 Å². The Bertz CT molecular complexity index is 526. The second-order valence-electron chi connectivity index (χ2n) is 5.74. The highest BCUT2D eigenvalue weighted by molar-refractivity contribution is 6.31. The van der Waals surface area contributed by atoms with Crippen LogP contribution in [0.25, 0.3) is 0 Å². The predicted molar refractivity (Wildman–Crippen MR) is 91.1 cm³/mol. The Labute approximate surface area is 138 Å². The number of ether oxygens (including phenoxy) is 1. The second-order valence-corrected chi connectivity index (χ2v) is 6.15. The number of anilines is 1. The van der Waals surface area contributed by atoms with E-state index >= 15 is 0 Å². The summed E-state index contributed by atoms with van der Waals surface area (Å²) in [6.07, 6.45) is 2.70. The first-order valence-corrected chi connectivity index (χ1v) is 8.31. The number of nitrogens with zero attached hydrogens (tertiary/aromatic N) is 2. The third kappa shape index (κ3) is 3.86. The number of carbonyl (C=O) groups is 1. The molecule has 1 aliphatic rings. The average molecular weight is 325 g/mol. The quantitative estimate of drug-likeness (QED) is 0.831. The van der Waals surface area contributed by atoms with Gasteiger partial charge in [0.05, 0.1) is 12.8 Å². The highest BCUT2D eigenvalue weighted by Crippen LogP contribution is 2.34. The van der Waals surface area contributed by atoms with Gasteiger partial charge in [0.15, 0.2) is 0 Å². The van der Waals surface area contributed by atoms with Crippen molar-refractivity contribution in [3.05, 3.63) is 22.7 Å². The standard InChI is InChI=1S/C17H25ClN2O2/c1-4-5-6-17(21)20-9-7-19(8-10-20)15-11-13(2)14(18)12-16(15)22-3/h11-12H,4-10H2,1-3H3. The van der Waals surface area contributed by atoms with E-state index in [0.29, 0.717) is 11.4 Å². The van der Waals surface area contributed by atoms with Crippen LogP contribution in [0, 0.1) is 6.92 Å². The average Bonchev–Trinajstić information content (AvgIpc) is 2.54. The Kier molecular flexibility index (Phi) is 5.95. The summed E-state index contributed by atoms with van der Waals surface area (Å²) >= 11 is 6.17. The Hall–Kier alpha value is -1.42. The highest BCUT2D eigenvalue weighted by atomic mass is 35.5. The number of unbranched alkanes of at least 4 members (excludes halogenated alkanes) is 1. The van der Waals surface area contributed by atoms with E-state index in [-0.39, 0.29) is 5.91 Å². The van der Waals surface area contributed by atoms with Crippen LogP contribution in [0.5, 0.6) is 5.75 Å². The summed E-state index contributed by atoms with van der Waals surface area (Å²) in [5.41, 5.74) is 2.10. The van der Waals surface area contributed by atoms with Crippen molar-refractivity contribution >= 4 is 23.2 Å². The molecule has 22 heavy (non-hydrogen) atoms. The van der Waals surface area contributed by atoms with Crippen LogP contribution < -0.4 is 9.64 Å². The number of methoxy groups -OCH3 is 1. The van der Waals surface area contributed by atoms with Crippen molar-refractivity contribution < 1.29 is 9.53 Å². The van der Waals surface area contributed by atoms with Gasteiger partial charge in [0.2, 0.25) is 5.91 Å². The minimum absolute atomic E-state index is 0.278. The second kappa shape index (κ2) is 7.73. The van der Waals surface area contributed by atoms with Crippen molar-refractivity contribution in [2.24, 2.45) is 0 Å². The molecule has 0 atom stereocenters. The molecule has 0 spiro atoms. The molecule has 0 unspecified atom stereocenters. The monoisotopic (exact) mass is 324 g/mol. The number of piperazine rings is 1. The van der Waals surface area contributed by atoms with Gasteiger partial charge in [-0.05, 0) is 25.0 Å². The largest absolute Gasteiger partial charge is 0.495 e. The van der Waals surface area contributed by atoms with Gasteiger partial charge in [-0.15, -0.1) is 0 Å². The van der Waals surface area contributed by atoms with Crippen LogP contribution in [0.2, 0.25) is 5.02 Å². The number of hydrogen-bond donors (Lipinski definition) is 0. The molecule has 0 bridgehead atoms. The molecule has 122 valence electrons. The fourth-order valence-corrected chi connectivity index (χ4v) is 2.90. The number of rotatable bonds is 5. The third-order valence-electron chi connectivity index (χ3n) is 4.18. The number of benzene rings is 1. The van der Waals surface area contributed by atoms with E-state index in [9.17, 15) is 4.79 Å². The van der Waals surface area contributed by atoms with Crippen molar-refractivity contribution in [1.29, 1.82) is 0 Å². The molecular formula is C17H25ClN2O2. The van der Waals surface area contributed by atoms with E-state index in [4.69, 9.17) is 16.3 Å². The van der Waals surface area contributed by atoms with Crippen molar-refractivity contribution in [1.82, 2.24) is 4.90 Å². The van der Waals surface area contributed by atoms with Crippen LogP contribution >= 0.6 is 11.6 Å². The van der Waals surface area contributed by atoms with E-state index < -0.39 is 0 Å². The highest BCUT2D eigenvalue weighted by Gasteiger charge is 2.23. The maximum absolute atomic E-state index is 12.1. The molecule has 1 saturated heterocycles. The first kappa shape index (κ1) is 16.9. The molecule has 0 saturated carbocycles. The summed E-state index contributed by atoms with van der Waals surface area (Å²) in [5, 5.41) is 0.717. The Morgan fingerprint density at radius 1 is 1.27 bits per heavy atom. The SMILES string of the molecule is CCCCC(=O)N1CCN(c2cc(C)c(Cl)cc2OC)CC1. The molecule has 5 heteroatoms. The molecule has 1 aromatic rings. The minimum Gasteiger partial charge on any atom is -0.495 e. The zero-order valence-electron chi connectivity index (χ0n) is 13.7. The lowest BCUT2D eigenvalue weighted by Gasteiger charge is -2.37. The van der Waals surface area contributed by atoms with Gasteiger partial charge in [-0.25, -0.2) is 0 Å². The van der Waals surface area contributed by atoms with Gasteiger partial charge in [0.25, 0.3) is 0 Å². The fraction of sp³-hybridized carbons (Fsp3) is 0.588. The zero-order valence-corrected chi connectivity index (χ0v) is 14.4. The molecule has 0 radical (unpaired) electrons. The number of halogens is 1. The molecule has 1 aliphatic heterocycles. The lowest BCUT2D eigenvalue weighted by atomic mass is 10.1. The van der Waals surface area contributed by atoms with E-state index in [1.807, 2.05) is 17.9 Å². The number of carbonyl (C=O) groups excluding carboxylic acids is 1. The summed E-state index contributed by atoms with van der Waals surface area (Å²) in [5.74, 6) is 1.07. The van der Waals surface area contributed by atoms with Gasteiger partial charge in [0.1, 0.15) is 5.75 Å². The molecule has 1 amide bonds. The van der Waals surface area contributed by atoms with Crippen LogP contribution in [0.1, 0.15) is 31.7 Å². The molecule has 1 aromatic carbocycles. The van der Waals surface area contributed by atoms with E-state index in [2.05, 4.69) is 17.9 Å². The molecule has 1 heterocycles. The molecule has 0 N–H and O–H groups in total. The van der Waals surface area contributed by atoms with Crippen molar-refractivity contribution in [2.45, 2.75) is 33.1 Å². The van der Waals surface area contributed by atoms with Gasteiger partial charge in [0, 0.05) is 43.7 Å². The topological polar surface area (TPSA) is 32.8 Å². The van der Waals surface area contributed by atoms with E-state index in [1.165, 1.54) is 0 Å². The summed E-state index contributed by atoms with van der Waals surface area (Å²) in [6.45, 7) is 7.31. The normalized spacial score (nSPS) is 15.1.